The predicted molar refractivity (Wildman–Crippen MR) is 125 cm³/mol. The lowest BCUT2D eigenvalue weighted by Crippen LogP contribution is -2.56. The molecule has 32 heavy (non-hydrogen) atoms. The summed E-state index contributed by atoms with van der Waals surface area (Å²) >= 11 is 3.45. The van der Waals surface area contributed by atoms with Crippen LogP contribution in [0.2, 0.25) is 0 Å². The van der Waals surface area contributed by atoms with Gasteiger partial charge in [-0.25, -0.2) is 5.01 Å². The zero-order chi connectivity index (χ0) is 22.8. The summed E-state index contributed by atoms with van der Waals surface area (Å²) in [6.07, 6.45) is 0.576. The molecule has 0 aromatic heterocycles. The smallest absolute Gasteiger partial charge is 0.312 e. The number of carbonyl (C=O) groups excluding carboxylic acids is 3. The Morgan fingerprint density at radius 1 is 1.00 bits per heavy atom. The molecule has 2 aromatic carbocycles. The van der Waals surface area contributed by atoms with Gasteiger partial charge in [-0.2, -0.15) is 5.10 Å². The van der Waals surface area contributed by atoms with Crippen LogP contribution in [0.15, 0.2) is 58.1 Å². The quantitative estimate of drug-likeness (QED) is 0.596. The number of likely N-dealkylation sites (N-methyl/N-ethyl adjacent to an activating group) is 1. The van der Waals surface area contributed by atoms with Gasteiger partial charge >= 0.3 is 11.8 Å². The van der Waals surface area contributed by atoms with Crippen molar-refractivity contribution in [2.45, 2.75) is 26.3 Å². The fourth-order valence-corrected chi connectivity index (χ4v) is 4.27. The van der Waals surface area contributed by atoms with E-state index in [9.17, 15) is 14.4 Å². The van der Waals surface area contributed by atoms with E-state index in [1.54, 1.807) is 0 Å². The highest BCUT2D eigenvalue weighted by molar-refractivity contribution is 9.10. The zero-order valence-corrected chi connectivity index (χ0v) is 19.7. The van der Waals surface area contributed by atoms with Gasteiger partial charge in [0.15, 0.2) is 0 Å². The maximum Gasteiger partial charge on any atom is 0.312 e. The van der Waals surface area contributed by atoms with Crippen molar-refractivity contribution in [3.05, 3.63) is 69.7 Å². The Bertz CT molecular complexity index is 1070. The molecule has 8 heteroatoms. The summed E-state index contributed by atoms with van der Waals surface area (Å²) in [6, 6.07) is 15.6. The third-order valence-corrected chi connectivity index (χ3v) is 6.44. The van der Waals surface area contributed by atoms with Crippen LogP contribution in [0.25, 0.3) is 0 Å². The van der Waals surface area contributed by atoms with Crippen LogP contribution in [0.5, 0.6) is 0 Å². The standard InChI is InChI=1S/C24H25BrN4O3/c1-3-27-12-13-28(24(32)23(27)31)15-22(30)29-21(18-6-4-16(2)5-7-18)14-20(26-29)17-8-10-19(25)11-9-17/h4-11,21H,3,12-15H2,1-2H3. The number of rotatable bonds is 5. The Kier molecular flexibility index (Phi) is 6.41. The Morgan fingerprint density at radius 2 is 1.62 bits per heavy atom. The van der Waals surface area contributed by atoms with E-state index in [1.807, 2.05) is 62.4 Å². The number of carbonyl (C=O) groups is 3. The van der Waals surface area contributed by atoms with Gasteiger partial charge in [-0.3, -0.25) is 14.4 Å². The lowest BCUT2D eigenvalue weighted by molar-refractivity contribution is -0.157. The second-order valence-corrected chi connectivity index (χ2v) is 8.95. The number of nitrogens with zero attached hydrogens (tertiary/aromatic N) is 4. The van der Waals surface area contributed by atoms with E-state index < -0.39 is 11.8 Å². The fourth-order valence-electron chi connectivity index (χ4n) is 4.01. The topological polar surface area (TPSA) is 73.3 Å². The normalized spacial score (nSPS) is 18.9. The van der Waals surface area contributed by atoms with Crippen molar-refractivity contribution in [1.82, 2.24) is 14.8 Å². The minimum Gasteiger partial charge on any atom is -0.333 e. The van der Waals surface area contributed by atoms with Crippen molar-refractivity contribution in [2.75, 3.05) is 26.2 Å². The molecule has 2 aliphatic rings. The molecule has 2 aromatic rings. The Labute approximate surface area is 195 Å². The molecule has 166 valence electrons. The first-order valence-corrected chi connectivity index (χ1v) is 11.5. The molecule has 1 fully saturated rings. The van der Waals surface area contributed by atoms with Gasteiger partial charge in [-0.05, 0) is 37.1 Å². The molecule has 0 spiro atoms. The summed E-state index contributed by atoms with van der Waals surface area (Å²) in [4.78, 5) is 40.8. The van der Waals surface area contributed by atoms with E-state index in [2.05, 4.69) is 21.0 Å². The van der Waals surface area contributed by atoms with Gasteiger partial charge in [0.2, 0.25) is 0 Å². The minimum atomic E-state index is -0.630. The summed E-state index contributed by atoms with van der Waals surface area (Å²) in [6.45, 7) is 4.94. The van der Waals surface area contributed by atoms with E-state index in [0.717, 1.165) is 26.9 Å². The Balaban J connectivity index is 1.59. The van der Waals surface area contributed by atoms with Gasteiger partial charge < -0.3 is 9.80 Å². The van der Waals surface area contributed by atoms with E-state index in [1.165, 1.54) is 14.8 Å². The van der Waals surface area contributed by atoms with Crippen LogP contribution in [0.1, 0.15) is 36.1 Å². The third kappa shape index (κ3) is 4.46. The fraction of sp³-hybridized carbons (Fsp3) is 0.333. The molecule has 2 aliphatic heterocycles. The van der Waals surface area contributed by atoms with Crippen molar-refractivity contribution in [3.8, 4) is 0 Å². The van der Waals surface area contributed by atoms with Crippen LogP contribution in [-0.2, 0) is 14.4 Å². The van der Waals surface area contributed by atoms with Crippen molar-refractivity contribution < 1.29 is 14.4 Å². The van der Waals surface area contributed by atoms with Gasteiger partial charge in [0.25, 0.3) is 5.91 Å². The van der Waals surface area contributed by atoms with Crippen molar-refractivity contribution >= 4 is 39.4 Å². The van der Waals surface area contributed by atoms with Gasteiger partial charge in [0.1, 0.15) is 6.54 Å². The van der Waals surface area contributed by atoms with Gasteiger partial charge in [-0.1, -0.05) is 57.9 Å². The van der Waals surface area contributed by atoms with Crippen LogP contribution < -0.4 is 0 Å². The van der Waals surface area contributed by atoms with E-state index in [0.29, 0.717) is 26.1 Å². The second-order valence-electron chi connectivity index (χ2n) is 8.03. The molecule has 3 amide bonds. The molecule has 0 N–H and O–H groups in total. The number of amides is 3. The highest BCUT2D eigenvalue weighted by Crippen LogP contribution is 2.33. The summed E-state index contributed by atoms with van der Waals surface area (Å²) in [5.41, 5.74) is 3.88. The molecule has 0 aliphatic carbocycles. The number of halogens is 1. The van der Waals surface area contributed by atoms with Gasteiger partial charge in [-0.15, -0.1) is 0 Å². The average molecular weight is 497 g/mol. The number of benzene rings is 2. The van der Waals surface area contributed by atoms with Gasteiger partial charge in [0.05, 0.1) is 11.8 Å². The lowest BCUT2D eigenvalue weighted by Gasteiger charge is -2.33. The first-order valence-electron chi connectivity index (χ1n) is 10.7. The van der Waals surface area contributed by atoms with Crippen LogP contribution in [0.3, 0.4) is 0 Å². The summed E-state index contributed by atoms with van der Waals surface area (Å²) in [7, 11) is 0. The minimum absolute atomic E-state index is 0.165. The largest absolute Gasteiger partial charge is 0.333 e. The molecule has 4 rings (SSSR count). The first kappa shape index (κ1) is 22.2. The third-order valence-electron chi connectivity index (χ3n) is 5.91. The molecule has 1 unspecified atom stereocenters. The molecule has 0 bridgehead atoms. The molecule has 0 saturated carbocycles. The van der Waals surface area contributed by atoms with Crippen molar-refractivity contribution in [2.24, 2.45) is 5.10 Å². The number of hydrogen-bond acceptors (Lipinski definition) is 4. The van der Waals surface area contributed by atoms with Crippen LogP contribution >= 0.6 is 15.9 Å². The number of aryl methyl sites for hydroxylation is 1. The molecule has 1 atom stereocenters. The summed E-state index contributed by atoms with van der Waals surface area (Å²) < 4.78 is 0.970. The number of hydrogen-bond donors (Lipinski definition) is 0. The first-order chi connectivity index (χ1) is 15.4. The molecule has 0 radical (unpaired) electrons. The van der Waals surface area contributed by atoms with Crippen LogP contribution in [-0.4, -0.2) is 64.4 Å². The highest BCUT2D eigenvalue weighted by atomic mass is 79.9. The van der Waals surface area contributed by atoms with Gasteiger partial charge in [0, 0.05) is 30.5 Å². The number of hydrazone groups is 1. The molecular formula is C24H25BrN4O3. The molecular weight excluding hydrogens is 472 g/mol. The monoisotopic (exact) mass is 496 g/mol. The average Bonchev–Trinajstić information content (AvgIpc) is 3.24. The zero-order valence-electron chi connectivity index (χ0n) is 18.1. The lowest BCUT2D eigenvalue weighted by atomic mass is 9.97. The molecule has 7 nitrogen and oxygen atoms in total. The van der Waals surface area contributed by atoms with Crippen molar-refractivity contribution in [3.63, 3.8) is 0 Å². The van der Waals surface area contributed by atoms with E-state index in [-0.39, 0.29) is 18.5 Å². The summed E-state index contributed by atoms with van der Waals surface area (Å²) in [5, 5.41) is 6.14. The van der Waals surface area contributed by atoms with Crippen LogP contribution in [0, 0.1) is 6.92 Å². The Hall–Kier alpha value is -3.00. The summed E-state index contributed by atoms with van der Waals surface area (Å²) in [5.74, 6) is -1.48. The van der Waals surface area contributed by atoms with E-state index >= 15 is 0 Å². The van der Waals surface area contributed by atoms with E-state index in [4.69, 9.17) is 0 Å². The van der Waals surface area contributed by atoms with Crippen LogP contribution in [0.4, 0.5) is 0 Å². The SMILES string of the molecule is CCN1CCN(CC(=O)N2N=C(c3ccc(Br)cc3)CC2c2ccc(C)cc2)C(=O)C1=O. The maximum atomic E-state index is 13.3. The number of piperazine rings is 1. The predicted octanol–water partition coefficient (Wildman–Crippen LogP) is 3.13. The Morgan fingerprint density at radius 3 is 2.28 bits per heavy atom. The maximum absolute atomic E-state index is 13.3. The second kappa shape index (κ2) is 9.24. The molecule has 1 saturated heterocycles. The van der Waals surface area contributed by atoms with Crippen molar-refractivity contribution in [1.29, 1.82) is 0 Å². The molecule has 2 heterocycles. The highest BCUT2D eigenvalue weighted by Gasteiger charge is 2.37.